The Bertz CT molecular complexity index is 1240. The summed E-state index contributed by atoms with van der Waals surface area (Å²) < 4.78 is 1.78. The molecule has 0 bridgehead atoms. The van der Waals surface area contributed by atoms with E-state index in [9.17, 15) is 4.79 Å². The maximum absolute atomic E-state index is 13.3. The van der Waals surface area contributed by atoms with Crippen molar-refractivity contribution >= 4 is 22.7 Å². The molecule has 0 aliphatic rings. The fourth-order valence-corrected chi connectivity index (χ4v) is 4.30. The molecule has 1 heterocycles. The van der Waals surface area contributed by atoms with Crippen molar-refractivity contribution < 1.29 is 0 Å². The van der Waals surface area contributed by atoms with Crippen LogP contribution in [0, 0.1) is 11.3 Å². The molecule has 3 aromatic carbocycles. The van der Waals surface area contributed by atoms with Crippen LogP contribution in [0.2, 0.25) is 0 Å². The van der Waals surface area contributed by atoms with Crippen molar-refractivity contribution in [3.05, 3.63) is 106 Å². The van der Waals surface area contributed by atoms with E-state index in [1.54, 1.807) is 4.57 Å². The third-order valence-corrected chi connectivity index (χ3v) is 5.92. The van der Waals surface area contributed by atoms with Gasteiger partial charge in [-0.1, -0.05) is 66.4 Å². The zero-order valence-electron chi connectivity index (χ0n) is 15.9. The van der Waals surface area contributed by atoms with E-state index in [-0.39, 0.29) is 11.6 Å². The second-order valence-electron chi connectivity index (χ2n) is 6.77. The number of hydrogen-bond acceptors (Lipinski definition) is 4. The van der Waals surface area contributed by atoms with E-state index in [1.165, 1.54) is 11.8 Å². The van der Waals surface area contributed by atoms with Gasteiger partial charge in [-0.3, -0.25) is 9.36 Å². The van der Waals surface area contributed by atoms with E-state index < -0.39 is 0 Å². The molecule has 0 amide bonds. The number of thioether (sulfide) groups is 1. The van der Waals surface area contributed by atoms with Gasteiger partial charge in [-0.25, -0.2) is 4.98 Å². The Kier molecular flexibility index (Phi) is 5.46. The molecule has 0 aliphatic heterocycles. The summed E-state index contributed by atoms with van der Waals surface area (Å²) in [6.45, 7) is 2.03. The van der Waals surface area contributed by atoms with Crippen molar-refractivity contribution in [1.82, 2.24) is 9.55 Å². The van der Waals surface area contributed by atoms with Crippen LogP contribution in [0.1, 0.15) is 29.7 Å². The molecule has 0 N–H and O–H groups in total. The molecule has 0 unspecified atom stereocenters. The van der Waals surface area contributed by atoms with Crippen LogP contribution >= 0.6 is 11.8 Å². The Labute approximate surface area is 173 Å². The first-order valence-corrected chi connectivity index (χ1v) is 10.3. The lowest BCUT2D eigenvalue weighted by Gasteiger charge is -2.20. The number of hydrogen-bond donors (Lipinski definition) is 0. The molecule has 0 saturated heterocycles. The van der Waals surface area contributed by atoms with E-state index in [4.69, 9.17) is 10.2 Å². The van der Waals surface area contributed by atoms with Crippen molar-refractivity contribution in [2.45, 2.75) is 23.9 Å². The number of nitrogens with zero attached hydrogens (tertiary/aromatic N) is 3. The van der Waals surface area contributed by atoms with Crippen LogP contribution in [0.4, 0.5) is 0 Å². The van der Waals surface area contributed by atoms with Crippen LogP contribution in [-0.2, 0) is 5.75 Å². The summed E-state index contributed by atoms with van der Waals surface area (Å²) >= 11 is 1.53. The van der Waals surface area contributed by atoms with E-state index in [2.05, 4.69) is 6.07 Å². The van der Waals surface area contributed by atoms with Crippen molar-refractivity contribution in [1.29, 1.82) is 5.26 Å². The minimum Gasteiger partial charge on any atom is -0.280 e. The van der Waals surface area contributed by atoms with E-state index in [1.807, 2.05) is 85.8 Å². The number of nitriles is 1. The van der Waals surface area contributed by atoms with Gasteiger partial charge in [0, 0.05) is 5.75 Å². The predicted molar refractivity (Wildman–Crippen MR) is 117 cm³/mol. The Morgan fingerprint density at radius 3 is 2.41 bits per heavy atom. The molecular weight excluding hydrogens is 378 g/mol. The highest BCUT2D eigenvalue weighted by Gasteiger charge is 2.18. The minimum absolute atomic E-state index is 0.0331. The Hall–Kier alpha value is -3.36. The van der Waals surface area contributed by atoms with Crippen LogP contribution in [0.5, 0.6) is 0 Å². The van der Waals surface area contributed by atoms with E-state index in [0.29, 0.717) is 27.4 Å². The summed E-state index contributed by atoms with van der Waals surface area (Å²) in [4.78, 5) is 18.1. The van der Waals surface area contributed by atoms with Crippen molar-refractivity contribution in [3.8, 4) is 6.07 Å². The molecule has 142 valence electrons. The third kappa shape index (κ3) is 3.94. The van der Waals surface area contributed by atoms with Crippen LogP contribution < -0.4 is 5.56 Å². The smallest absolute Gasteiger partial charge is 0.262 e. The normalized spacial score (nSPS) is 11.9. The number of benzene rings is 3. The van der Waals surface area contributed by atoms with Gasteiger partial charge in [-0.2, -0.15) is 5.26 Å². The van der Waals surface area contributed by atoms with E-state index in [0.717, 1.165) is 11.1 Å². The highest BCUT2D eigenvalue weighted by molar-refractivity contribution is 7.98. The van der Waals surface area contributed by atoms with Gasteiger partial charge in [-0.15, -0.1) is 0 Å². The molecule has 0 radical (unpaired) electrons. The maximum Gasteiger partial charge on any atom is 0.262 e. The molecule has 4 aromatic rings. The molecule has 4 nitrogen and oxygen atoms in total. The summed E-state index contributed by atoms with van der Waals surface area (Å²) in [7, 11) is 0. The zero-order valence-corrected chi connectivity index (χ0v) is 16.8. The lowest BCUT2D eigenvalue weighted by atomic mass is 10.1. The second kappa shape index (κ2) is 8.34. The zero-order chi connectivity index (χ0) is 20.2. The van der Waals surface area contributed by atoms with Crippen LogP contribution in [0.25, 0.3) is 10.9 Å². The molecule has 29 heavy (non-hydrogen) atoms. The topological polar surface area (TPSA) is 58.7 Å². The SMILES string of the molecule is C[C@H](c1ccccc1)n1c(SCc2ccc(C#N)cc2)nc2ccccc2c1=O. The van der Waals surface area contributed by atoms with Gasteiger partial charge < -0.3 is 0 Å². The molecule has 5 heteroatoms. The lowest BCUT2D eigenvalue weighted by molar-refractivity contribution is 0.548. The fourth-order valence-electron chi connectivity index (χ4n) is 3.27. The monoisotopic (exact) mass is 397 g/mol. The molecule has 0 spiro atoms. The van der Waals surface area contributed by atoms with Gasteiger partial charge in [0.05, 0.1) is 28.6 Å². The van der Waals surface area contributed by atoms with E-state index >= 15 is 0 Å². The highest BCUT2D eigenvalue weighted by Crippen LogP contribution is 2.27. The first-order valence-electron chi connectivity index (χ1n) is 9.35. The van der Waals surface area contributed by atoms with Crippen LogP contribution in [0.15, 0.2) is 88.8 Å². The van der Waals surface area contributed by atoms with Gasteiger partial charge in [0.2, 0.25) is 0 Å². The number of para-hydroxylation sites is 1. The third-order valence-electron chi connectivity index (χ3n) is 4.90. The first kappa shape index (κ1) is 19.0. The lowest BCUT2D eigenvalue weighted by Crippen LogP contribution is -2.27. The predicted octanol–water partition coefficient (Wildman–Crippen LogP) is 5.17. The van der Waals surface area contributed by atoms with Crippen LogP contribution in [0.3, 0.4) is 0 Å². The minimum atomic E-state index is -0.135. The summed E-state index contributed by atoms with van der Waals surface area (Å²) in [5.41, 5.74) is 3.45. The average Bonchev–Trinajstić information content (AvgIpc) is 2.78. The Balaban J connectivity index is 1.76. The van der Waals surface area contributed by atoms with Gasteiger partial charge in [0.15, 0.2) is 5.16 Å². The summed E-state index contributed by atoms with van der Waals surface area (Å²) in [5.74, 6) is 0.665. The summed E-state index contributed by atoms with van der Waals surface area (Å²) in [5, 5.41) is 10.3. The number of aromatic nitrogens is 2. The first-order chi connectivity index (χ1) is 14.2. The molecule has 1 atom stereocenters. The number of rotatable bonds is 5. The second-order valence-corrected chi connectivity index (χ2v) is 7.71. The molecule has 0 fully saturated rings. The van der Waals surface area contributed by atoms with Gasteiger partial charge in [0.25, 0.3) is 5.56 Å². The quantitative estimate of drug-likeness (QED) is 0.344. The molecule has 0 saturated carbocycles. The largest absolute Gasteiger partial charge is 0.280 e. The highest BCUT2D eigenvalue weighted by atomic mass is 32.2. The molecule has 0 aliphatic carbocycles. The van der Waals surface area contributed by atoms with Crippen molar-refractivity contribution in [3.63, 3.8) is 0 Å². The fraction of sp³-hybridized carbons (Fsp3) is 0.125. The summed E-state index contributed by atoms with van der Waals surface area (Å²) in [6, 6.07) is 27.0. The van der Waals surface area contributed by atoms with Crippen molar-refractivity contribution in [2.24, 2.45) is 0 Å². The van der Waals surface area contributed by atoms with Crippen LogP contribution in [-0.4, -0.2) is 9.55 Å². The maximum atomic E-state index is 13.3. The van der Waals surface area contributed by atoms with Crippen molar-refractivity contribution in [2.75, 3.05) is 0 Å². The Morgan fingerprint density at radius 1 is 1.00 bits per heavy atom. The van der Waals surface area contributed by atoms with Gasteiger partial charge in [-0.05, 0) is 42.3 Å². The molecule has 4 rings (SSSR count). The molecule has 1 aromatic heterocycles. The van der Waals surface area contributed by atoms with Gasteiger partial charge >= 0.3 is 0 Å². The summed E-state index contributed by atoms with van der Waals surface area (Å²) in [6.07, 6.45) is 0. The molecular formula is C24H19N3OS. The average molecular weight is 398 g/mol. The standard InChI is InChI=1S/C24H19N3OS/c1-17(20-7-3-2-4-8-20)27-23(28)21-9-5-6-10-22(21)26-24(27)29-16-19-13-11-18(15-25)12-14-19/h2-14,17H,16H2,1H3/t17-/m1/s1. The van der Waals surface area contributed by atoms with Gasteiger partial charge in [0.1, 0.15) is 0 Å². The Morgan fingerprint density at radius 2 is 1.69 bits per heavy atom. The number of fused-ring (bicyclic) bond motifs is 1.